The van der Waals surface area contributed by atoms with E-state index in [1.165, 1.54) is 14.2 Å². The van der Waals surface area contributed by atoms with E-state index in [9.17, 15) is 9.59 Å². The first-order valence-electron chi connectivity index (χ1n) is 10.2. The Morgan fingerprint density at radius 1 is 0.969 bits per heavy atom. The van der Waals surface area contributed by atoms with Gasteiger partial charge in [0, 0.05) is 28.6 Å². The van der Waals surface area contributed by atoms with Crippen LogP contribution in [0.15, 0.2) is 52.9 Å². The number of nitrogen functional groups attached to an aromatic ring is 1. The third kappa shape index (κ3) is 4.25. The Hall–Kier alpha value is -3.94. The van der Waals surface area contributed by atoms with Crippen LogP contribution in [0.3, 0.4) is 0 Å². The number of esters is 2. The minimum Gasteiger partial charge on any atom is -0.469 e. The third-order valence-electron chi connectivity index (χ3n) is 5.40. The van der Waals surface area contributed by atoms with Crippen LogP contribution in [0, 0.1) is 0 Å². The van der Waals surface area contributed by atoms with Gasteiger partial charge in [-0.05, 0) is 6.07 Å². The molecule has 0 saturated carbocycles. The summed E-state index contributed by atoms with van der Waals surface area (Å²) in [5.74, 6) is -0.0760. The maximum atomic E-state index is 11.7. The summed E-state index contributed by atoms with van der Waals surface area (Å²) in [6.45, 7) is 0.765. The summed E-state index contributed by atoms with van der Waals surface area (Å²) < 4.78 is 17.6. The van der Waals surface area contributed by atoms with Gasteiger partial charge >= 0.3 is 11.9 Å². The van der Waals surface area contributed by atoms with Crippen molar-refractivity contribution in [3.63, 3.8) is 0 Å². The van der Waals surface area contributed by atoms with E-state index >= 15 is 0 Å². The van der Waals surface area contributed by atoms with Crippen molar-refractivity contribution < 1.29 is 23.5 Å². The maximum absolute atomic E-state index is 11.7. The molecule has 2 aromatic carbocycles. The maximum Gasteiger partial charge on any atom is 0.311 e. The lowest BCUT2D eigenvalue weighted by atomic mass is 10.1. The average Bonchev–Trinajstić information content (AvgIpc) is 2.82. The van der Waals surface area contributed by atoms with Crippen molar-refractivity contribution in [1.82, 2.24) is 9.56 Å². The number of methoxy groups -OCH3 is 2. The van der Waals surface area contributed by atoms with Gasteiger partial charge in [0.1, 0.15) is 24.1 Å². The highest BCUT2D eigenvalue weighted by Gasteiger charge is 2.17. The summed E-state index contributed by atoms with van der Waals surface area (Å²) in [7, 11) is 2.70. The van der Waals surface area contributed by atoms with E-state index in [4.69, 9.17) is 24.6 Å². The van der Waals surface area contributed by atoms with E-state index in [2.05, 4.69) is 0 Å². The molecule has 0 amide bonds. The number of carbonyl (C=O) groups is 2. The molecule has 2 N–H and O–H groups in total. The second kappa shape index (κ2) is 9.05. The summed E-state index contributed by atoms with van der Waals surface area (Å²) in [5.41, 5.74) is 8.86. The van der Waals surface area contributed by atoms with Gasteiger partial charge in [-0.1, -0.05) is 24.3 Å². The molecule has 8 heteroatoms. The molecule has 0 aromatic heterocycles. The fraction of sp³-hybridized carbons (Fsp3) is 0.250. The monoisotopic (exact) mass is 434 g/mol. The number of hydrogen-bond donors (Lipinski definition) is 1. The summed E-state index contributed by atoms with van der Waals surface area (Å²) in [5, 5.41) is 2.65. The molecule has 4 rings (SSSR count). The van der Waals surface area contributed by atoms with Gasteiger partial charge in [0.25, 0.3) is 0 Å². The number of benzene rings is 3. The summed E-state index contributed by atoms with van der Waals surface area (Å²) in [6.07, 6.45) is 0.372. The first-order chi connectivity index (χ1) is 15.5. The van der Waals surface area contributed by atoms with Crippen LogP contribution in [-0.4, -0.2) is 44.2 Å². The van der Waals surface area contributed by atoms with E-state index in [-0.39, 0.29) is 24.8 Å². The zero-order valence-electron chi connectivity index (χ0n) is 18.0. The molecule has 0 bridgehead atoms. The van der Waals surface area contributed by atoms with Gasteiger partial charge in [-0.3, -0.25) is 9.59 Å². The summed E-state index contributed by atoms with van der Waals surface area (Å²) in [6, 6.07) is 15.2. The van der Waals surface area contributed by atoms with Gasteiger partial charge in [-0.2, -0.15) is 0 Å². The number of aromatic nitrogens is 1. The molecular formula is C24H24N3O5+. The van der Waals surface area contributed by atoms with Gasteiger partial charge in [-0.25, -0.2) is 9.56 Å². The van der Waals surface area contributed by atoms with E-state index in [0.29, 0.717) is 35.8 Å². The third-order valence-corrected chi connectivity index (χ3v) is 5.40. The molecule has 0 radical (unpaired) electrons. The normalized spacial score (nSPS) is 11.1. The van der Waals surface area contributed by atoms with Gasteiger partial charge in [0.2, 0.25) is 5.36 Å². The molecule has 2 aliphatic rings. The minimum absolute atomic E-state index is 0.186. The predicted octanol–water partition coefficient (Wildman–Crippen LogP) is 2.57. The molecule has 164 valence electrons. The largest absolute Gasteiger partial charge is 0.469 e. The molecule has 0 saturated heterocycles. The minimum atomic E-state index is -0.325. The standard InChI is InChI=1S/C24H23N3O5/c1-30-22(28)9-11-27(12-10-23(29)31-2)15-7-8-19-20(13-15)32-21-14-18(25)16-5-3-4-6-17(16)24(21)26-19/h3-8,13-14,25H,9-12H2,1-2H3/p+1. The lowest BCUT2D eigenvalue weighted by Gasteiger charge is -2.10. The molecule has 0 spiro atoms. The highest BCUT2D eigenvalue weighted by Crippen LogP contribution is 2.32. The number of rotatable bonds is 6. The van der Waals surface area contributed by atoms with E-state index in [0.717, 1.165) is 21.6 Å². The SMILES string of the molecule is COC(=O)CC[N+](CCC(=O)OC)=c1ccc2nc3c(cc(N)c4ccccc43)oc-2c1. The van der Waals surface area contributed by atoms with Crippen molar-refractivity contribution in [3.8, 4) is 11.5 Å². The van der Waals surface area contributed by atoms with Crippen LogP contribution < -0.4 is 15.7 Å². The highest BCUT2D eigenvalue weighted by molar-refractivity contribution is 6.09. The van der Waals surface area contributed by atoms with Crippen LogP contribution in [0.2, 0.25) is 0 Å². The smallest absolute Gasteiger partial charge is 0.311 e. The molecule has 0 fully saturated rings. The number of fused-ring (bicyclic) bond motifs is 4. The Morgan fingerprint density at radius 2 is 1.62 bits per heavy atom. The number of nitrogens with zero attached hydrogens (tertiary/aromatic N) is 2. The van der Waals surface area contributed by atoms with Crippen molar-refractivity contribution in [1.29, 1.82) is 0 Å². The molecular weight excluding hydrogens is 410 g/mol. The van der Waals surface area contributed by atoms with Crippen LogP contribution in [-0.2, 0) is 19.1 Å². The van der Waals surface area contributed by atoms with Gasteiger partial charge < -0.3 is 19.6 Å². The fourth-order valence-electron chi connectivity index (χ4n) is 3.69. The fourth-order valence-corrected chi connectivity index (χ4v) is 3.69. The van der Waals surface area contributed by atoms with Crippen LogP contribution in [0.25, 0.3) is 33.3 Å². The zero-order chi connectivity index (χ0) is 22.7. The van der Waals surface area contributed by atoms with Gasteiger partial charge in [-0.15, -0.1) is 0 Å². The van der Waals surface area contributed by atoms with Crippen molar-refractivity contribution in [3.05, 3.63) is 53.9 Å². The summed E-state index contributed by atoms with van der Waals surface area (Å²) in [4.78, 5) is 28.1. The Labute approximate surface area is 184 Å². The topological polar surface area (TPSA) is 108 Å². The van der Waals surface area contributed by atoms with Crippen molar-refractivity contribution in [2.45, 2.75) is 12.8 Å². The zero-order valence-corrected chi connectivity index (χ0v) is 18.0. The van der Waals surface area contributed by atoms with E-state index in [1.54, 1.807) is 6.07 Å². The van der Waals surface area contributed by atoms with Gasteiger partial charge in [0.15, 0.2) is 24.4 Å². The number of carbonyl (C=O) groups excluding carboxylic acids is 2. The second-order valence-electron chi connectivity index (χ2n) is 7.36. The lowest BCUT2D eigenvalue weighted by molar-refractivity contribution is -0.140. The molecule has 32 heavy (non-hydrogen) atoms. The molecule has 1 aliphatic carbocycles. The first-order valence-corrected chi connectivity index (χ1v) is 10.2. The van der Waals surface area contributed by atoms with Crippen molar-refractivity contribution in [2.75, 3.05) is 33.0 Å². The average molecular weight is 434 g/mol. The number of anilines is 1. The van der Waals surface area contributed by atoms with Crippen LogP contribution in [0.1, 0.15) is 12.8 Å². The van der Waals surface area contributed by atoms with Crippen molar-refractivity contribution >= 4 is 39.5 Å². The Bertz CT molecular complexity index is 1340. The summed E-state index contributed by atoms with van der Waals surface area (Å²) >= 11 is 0. The highest BCUT2D eigenvalue weighted by atomic mass is 16.5. The molecule has 0 unspecified atom stereocenters. The Balaban J connectivity index is 1.84. The van der Waals surface area contributed by atoms with E-state index < -0.39 is 0 Å². The predicted molar refractivity (Wildman–Crippen MR) is 121 cm³/mol. The van der Waals surface area contributed by atoms with Crippen LogP contribution >= 0.6 is 0 Å². The Kier molecular flexibility index (Phi) is 6.02. The number of ether oxygens (including phenoxy) is 2. The molecule has 8 nitrogen and oxygen atoms in total. The molecule has 1 aliphatic heterocycles. The van der Waals surface area contributed by atoms with Crippen LogP contribution in [0.4, 0.5) is 5.69 Å². The van der Waals surface area contributed by atoms with E-state index in [1.807, 2.05) is 47.0 Å². The first kappa shape index (κ1) is 21.3. The number of hydrogen-bond acceptors (Lipinski definition) is 7. The van der Waals surface area contributed by atoms with Gasteiger partial charge in [0.05, 0.1) is 20.3 Å². The van der Waals surface area contributed by atoms with Crippen LogP contribution in [0.5, 0.6) is 0 Å². The lowest BCUT2D eigenvalue weighted by Crippen LogP contribution is -2.34. The molecule has 2 aromatic rings. The molecule has 1 heterocycles. The quantitative estimate of drug-likeness (QED) is 0.163. The number of nitrogens with two attached hydrogens (primary N) is 1. The second-order valence-corrected chi connectivity index (χ2v) is 7.36. The van der Waals surface area contributed by atoms with Crippen molar-refractivity contribution in [2.24, 2.45) is 0 Å². The molecule has 0 atom stereocenters. The Morgan fingerprint density at radius 3 is 2.28 bits per heavy atom.